The summed E-state index contributed by atoms with van der Waals surface area (Å²) in [7, 11) is -3.28. The van der Waals surface area contributed by atoms with E-state index in [0.717, 1.165) is 10.5 Å². The summed E-state index contributed by atoms with van der Waals surface area (Å²) >= 11 is 0. The fourth-order valence-corrected chi connectivity index (χ4v) is 2.64. The van der Waals surface area contributed by atoms with E-state index in [2.05, 4.69) is 0 Å². The summed E-state index contributed by atoms with van der Waals surface area (Å²) in [4.78, 5) is 21.1. The summed E-state index contributed by atoms with van der Waals surface area (Å²) in [5, 5.41) is 16.2. The van der Waals surface area contributed by atoms with Gasteiger partial charge < -0.3 is 20.8 Å². The predicted octanol–water partition coefficient (Wildman–Crippen LogP) is 1.17. The average Bonchev–Trinajstić information content (AvgIpc) is 2.51. The number of nitrogens with two attached hydrogens (primary N) is 1. The minimum absolute atomic E-state index is 0.0490. The summed E-state index contributed by atoms with van der Waals surface area (Å²) < 4.78 is 54.8. The number of sulfone groups is 1. The number of hydrogen-bond acceptors (Lipinski definition) is 5. The molecule has 0 atom stereocenters. The molecule has 0 fully saturated rings. The van der Waals surface area contributed by atoms with Crippen molar-refractivity contribution in [1.29, 1.82) is 0 Å². The van der Waals surface area contributed by atoms with Gasteiger partial charge in [-0.2, -0.15) is 13.2 Å². The SMILES string of the molecule is NCCS(=O)(=O)CCN(Cc1ccccc1)C(=O)O.O=C(O)C(F)(F)F. The van der Waals surface area contributed by atoms with Gasteiger partial charge in [0, 0.05) is 19.6 Å². The van der Waals surface area contributed by atoms with Crippen LogP contribution in [0.25, 0.3) is 0 Å². The Kier molecular flexibility index (Phi) is 9.65. The first kappa shape index (κ1) is 23.7. The number of carboxylic acids is 1. The summed E-state index contributed by atoms with van der Waals surface area (Å²) in [5.41, 5.74) is 6.02. The molecule has 0 bridgehead atoms. The van der Waals surface area contributed by atoms with Gasteiger partial charge in [0.2, 0.25) is 0 Å². The number of halogens is 3. The van der Waals surface area contributed by atoms with E-state index in [0.29, 0.717) is 0 Å². The van der Waals surface area contributed by atoms with Crippen molar-refractivity contribution in [2.75, 3.05) is 24.6 Å². The summed E-state index contributed by atoms with van der Waals surface area (Å²) in [6, 6.07) is 9.04. The molecule has 0 heterocycles. The van der Waals surface area contributed by atoms with Crippen LogP contribution in [0, 0.1) is 0 Å². The normalized spacial score (nSPS) is 11.2. The quantitative estimate of drug-likeness (QED) is 0.625. The third-order valence-electron chi connectivity index (χ3n) is 2.83. The van der Waals surface area contributed by atoms with Crippen LogP contribution in [0.4, 0.5) is 18.0 Å². The molecule has 1 aromatic carbocycles. The van der Waals surface area contributed by atoms with Crippen molar-refractivity contribution in [2.45, 2.75) is 12.7 Å². The number of aliphatic carboxylic acids is 1. The standard InChI is InChI=1S/C12H18N2O4S.C2HF3O2/c13-6-8-19(17,18)9-7-14(12(15)16)10-11-4-2-1-3-5-11;3-2(4,5)1(6)7/h1-5H,6-10,13H2,(H,15,16);(H,6,7). The van der Waals surface area contributed by atoms with Crippen LogP contribution in [-0.2, 0) is 21.2 Å². The molecule has 0 aliphatic carbocycles. The molecule has 0 unspecified atom stereocenters. The monoisotopic (exact) mass is 400 g/mol. The van der Waals surface area contributed by atoms with Crippen LogP contribution >= 0.6 is 0 Å². The van der Waals surface area contributed by atoms with E-state index < -0.39 is 28.1 Å². The van der Waals surface area contributed by atoms with Gasteiger partial charge in [0.25, 0.3) is 0 Å². The molecule has 0 saturated carbocycles. The molecule has 1 aromatic rings. The largest absolute Gasteiger partial charge is 0.490 e. The van der Waals surface area contributed by atoms with Crippen LogP contribution < -0.4 is 5.73 Å². The molecule has 0 spiro atoms. The van der Waals surface area contributed by atoms with Crippen molar-refractivity contribution in [3.05, 3.63) is 35.9 Å². The molecule has 1 amide bonds. The maximum atomic E-state index is 11.5. The average molecular weight is 400 g/mol. The molecule has 1 rings (SSSR count). The molecule has 12 heteroatoms. The molecule has 0 aromatic heterocycles. The van der Waals surface area contributed by atoms with E-state index in [1.807, 2.05) is 6.07 Å². The van der Waals surface area contributed by atoms with E-state index >= 15 is 0 Å². The lowest BCUT2D eigenvalue weighted by Crippen LogP contribution is -2.34. The van der Waals surface area contributed by atoms with Crippen molar-refractivity contribution in [3.8, 4) is 0 Å². The second-order valence-corrected chi connectivity index (χ2v) is 7.24. The topological polar surface area (TPSA) is 138 Å². The van der Waals surface area contributed by atoms with Gasteiger partial charge in [0.1, 0.15) is 0 Å². The van der Waals surface area contributed by atoms with Gasteiger partial charge in [-0.05, 0) is 5.56 Å². The Morgan fingerprint density at radius 1 is 1.08 bits per heavy atom. The summed E-state index contributed by atoms with van der Waals surface area (Å²) in [6.45, 7) is 0.176. The number of carboxylic acid groups (broad SMARTS) is 2. The number of carbonyl (C=O) groups is 2. The maximum absolute atomic E-state index is 11.5. The summed E-state index contributed by atoms with van der Waals surface area (Å²) in [5.74, 6) is -3.08. The Labute approximate surface area is 147 Å². The Hall–Kier alpha value is -2.34. The highest BCUT2D eigenvalue weighted by atomic mass is 32.2. The predicted molar refractivity (Wildman–Crippen MR) is 86.3 cm³/mol. The zero-order valence-electron chi connectivity index (χ0n) is 13.5. The van der Waals surface area contributed by atoms with Crippen LogP contribution in [0.2, 0.25) is 0 Å². The van der Waals surface area contributed by atoms with Crippen LogP contribution in [0.5, 0.6) is 0 Å². The van der Waals surface area contributed by atoms with Crippen molar-refractivity contribution in [1.82, 2.24) is 4.90 Å². The van der Waals surface area contributed by atoms with Crippen LogP contribution in [0.3, 0.4) is 0 Å². The van der Waals surface area contributed by atoms with E-state index in [9.17, 15) is 26.4 Å². The van der Waals surface area contributed by atoms with Crippen LogP contribution in [0.1, 0.15) is 5.56 Å². The van der Waals surface area contributed by atoms with Gasteiger partial charge in [0.05, 0.1) is 11.5 Å². The zero-order valence-corrected chi connectivity index (χ0v) is 14.3. The number of benzene rings is 1. The zero-order chi connectivity index (χ0) is 20.4. The minimum Gasteiger partial charge on any atom is -0.475 e. The first-order valence-electron chi connectivity index (χ1n) is 7.11. The van der Waals surface area contributed by atoms with E-state index in [-0.39, 0.29) is 31.1 Å². The van der Waals surface area contributed by atoms with E-state index in [4.69, 9.17) is 20.7 Å². The highest BCUT2D eigenvalue weighted by molar-refractivity contribution is 7.91. The summed E-state index contributed by atoms with van der Waals surface area (Å²) in [6.07, 6.45) is -6.22. The fraction of sp³-hybridized carbons (Fsp3) is 0.429. The molecule has 0 aliphatic rings. The maximum Gasteiger partial charge on any atom is 0.490 e. The molecule has 0 aliphatic heterocycles. The third kappa shape index (κ3) is 10.5. The second kappa shape index (κ2) is 10.6. The van der Waals surface area contributed by atoms with E-state index in [1.54, 1.807) is 24.3 Å². The molecule has 0 radical (unpaired) electrons. The lowest BCUT2D eigenvalue weighted by atomic mass is 10.2. The first-order chi connectivity index (χ1) is 11.9. The smallest absolute Gasteiger partial charge is 0.475 e. The van der Waals surface area contributed by atoms with Crippen LogP contribution in [-0.4, -0.2) is 66.4 Å². The van der Waals surface area contributed by atoms with Gasteiger partial charge >= 0.3 is 18.2 Å². The lowest BCUT2D eigenvalue weighted by Gasteiger charge is -2.19. The van der Waals surface area contributed by atoms with Gasteiger partial charge in [-0.1, -0.05) is 30.3 Å². The third-order valence-corrected chi connectivity index (χ3v) is 4.49. The molecule has 4 N–H and O–H groups in total. The highest BCUT2D eigenvalue weighted by Gasteiger charge is 2.38. The van der Waals surface area contributed by atoms with Crippen molar-refractivity contribution in [2.24, 2.45) is 5.73 Å². The van der Waals surface area contributed by atoms with Crippen LogP contribution in [0.15, 0.2) is 30.3 Å². The Morgan fingerprint density at radius 2 is 1.58 bits per heavy atom. The number of nitrogens with zero attached hydrogens (tertiary/aromatic N) is 1. The molecular formula is C14H19F3N2O6S. The minimum atomic E-state index is -5.08. The Morgan fingerprint density at radius 3 is 1.96 bits per heavy atom. The van der Waals surface area contributed by atoms with Crippen molar-refractivity contribution >= 4 is 21.9 Å². The van der Waals surface area contributed by atoms with E-state index in [1.165, 1.54) is 0 Å². The number of alkyl halides is 3. The van der Waals surface area contributed by atoms with Gasteiger partial charge in [-0.3, -0.25) is 0 Å². The number of rotatable bonds is 7. The fourth-order valence-electron chi connectivity index (χ4n) is 1.58. The highest BCUT2D eigenvalue weighted by Crippen LogP contribution is 2.13. The van der Waals surface area contributed by atoms with Gasteiger partial charge in [-0.25, -0.2) is 18.0 Å². The van der Waals surface area contributed by atoms with Gasteiger partial charge in [-0.15, -0.1) is 0 Å². The Balaban J connectivity index is 0.000000758. The molecular weight excluding hydrogens is 381 g/mol. The van der Waals surface area contributed by atoms with Crippen molar-refractivity contribution in [3.63, 3.8) is 0 Å². The lowest BCUT2D eigenvalue weighted by molar-refractivity contribution is -0.192. The van der Waals surface area contributed by atoms with Crippen molar-refractivity contribution < 1.29 is 41.4 Å². The molecule has 26 heavy (non-hydrogen) atoms. The molecule has 0 saturated heterocycles. The first-order valence-corrected chi connectivity index (χ1v) is 8.93. The number of hydrogen-bond donors (Lipinski definition) is 3. The molecule has 148 valence electrons. The Bertz CT molecular complexity index is 680. The molecule has 8 nitrogen and oxygen atoms in total. The van der Waals surface area contributed by atoms with Gasteiger partial charge in [0.15, 0.2) is 9.84 Å². The second-order valence-electron chi connectivity index (χ2n) is 4.93. The number of amides is 1.